The third kappa shape index (κ3) is 4.78. The van der Waals surface area contributed by atoms with Crippen LogP contribution in [0.4, 0.5) is 4.79 Å². The Balaban J connectivity index is 1.37. The van der Waals surface area contributed by atoms with Crippen molar-refractivity contribution in [1.82, 2.24) is 20.4 Å². The van der Waals surface area contributed by atoms with Gasteiger partial charge in [-0.1, -0.05) is 48.5 Å². The van der Waals surface area contributed by atoms with Gasteiger partial charge in [-0.3, -0.25) is 14.3 Å². The van der Waals surface area contributed by atoms with Crippen LogP contribution in [0.15, 0.2) is 54.7 Å². The van der Waals surface area contributed by atoms with E-state index < -0.39 is 24.0 Å². The van der Waals surface area contributed by atoms with Gasteiger partial charge in [0, 0.05) is 19.0 Å². The quantitative estimate of drug-likeness (QED) is 0.473. The van der Waals surface area contributed by atoms with E-state index >= 15 is 0 Å². The number of ether oxygens (including phenoxy) is 1. The third-order valence-electron chi connectivity index (χ3n) is 5.91. The van der Waals surface area contributed by atoms with E-state index in [-0.39, 0.29) is 31.1 Å². The van der Waals surface area contributed by atoms with Crippen molar-refractivity contribution in [3.63, 3.8) is 0 Å². The van der Waals surface area contributed by atoms with E-state index in [1.807, 2.05) is 36.4 Å². The number of fused-ring (bicyclic) bond motifs is 3. The number of rotatable bonds is 8. The largest absolute Gasteiger partial charge is 0.481 e. The molecule has 4 rings (SSSR count). The van der Waals surface area contributed by atoms with Crippen molar-refractivity contribution in [3.8, 4) is 11.1 Å². The Labute approximate surface area is 196 Å². The molecule has 0 saturated heterocycles. The molecule has 0 spiro atoms. The second kappa shape index (κ2) is 9.78. The molecule has 0 saturated carbocycles. The standard InChI is InChI=1S/C25H26N4O5/c1-15(11-23(30)31)28-24(32)20-12-27-29(2)22(20)13-26-25(33)34-14-21-18-9-5-3-7-16(18)17-8-4-6-10-19(17)21/h3-10,12,15,21H,11,13-14H2,1-2H3,(H,26,33)(H,28,32)(H,30,31)/t15-/m0/s1. The molecule has 176 valence electrons. The van der Waals surface area contributed by atoms with Gasteiger partial charge < -0.3 is 20.5 Å². The highest BCUT2D eigenvalue weighted by Crippen LogP contribution is 2.44. The summed E-state index contributed by atoms with van der Waals surface area (Å²) in [4.78, 5) is 35.9. The van der Waals surface area contributed by atoms with Gasteiger partial charge in [0.1, 0.15) is 6.61 Å². The Bertz CT molecular complexity index is 1190. The van der Waals surface area contributed by atoms with Crippen molar-refractivity contribution in [2.75, 3.05) is 6.61 Å². The Kier molecular flexibility index (Phi) is 6.62. The molecule has 9 nitrogen and oxygen atoms in total. The van der Waals surface area contributed by atoms with Gasteiger partial charge in [-0.15, -0.1) is 0 Å². The summed E-state index contributed by atoms with van der Waals surface area (Å²) in [5.74, 6) is -1.51. The van der Waals surface area contributed by atoms with Crippen LogP contribution < -0.4 is 10.6 Å². The maximum atomic E-state index is 12.5. The third-order valence-corrected chi connectivity index (χ3v) is 5.91. The van der Waals surface area contributed by atoms with Gasteiger partial charge in [0.15, 0.2) is 0 Å². The van der Waals surface area contributed by atoms with E-state index in [4.69, 9.17) is 9.84 Å². The van der Waals surface area contributed by atoms with Crippen LogP contribution in [0.2, 0.25) is 0 Å². The number of nitrogens with one attached hydrogen (secondary N) is 2. The molecule has 0 radical (unpaired) electrons. The van der Waals surface area contributed by atoms with Crippen LogP contribution in [-0.4, -0.2) is 45.5 Å². The van der Waals surface area contributed by atoms with Crippen molar-refractivity contribution in [1.29, 1.82) is 0 Å². The summed E-state index contributed by atoms with van der Waals surface area (Å²) in [6.45, 7) is 1.82. The first-order valence-corrected chi connectivity index (χ1v) is 11.0. The minimum absolute atomic E-state index is 0.0310. The molecule has 1 aliphatic carbocycles. The summed E-state index contributed by atoms with van der Waals surface area (Å²) in [6.07, 6.45) is 0.588. The van der Waals surface area contributed by atoms with Crippen molar-refractivity contribution in [2.45, 2.75) is 31.8 Å². The minimum Gasteiger partial charge on any atom is -0.481 e. The van der Waals surface area contributed by atoms with E-state index in [2.05, 4.69) is 27.9 Å². The van der Waals surface area contributed by atoms with E-state index in [0.29, 0.717) is 5.69 Å². The maximum absolute atomic E-state index is 12.5. The van der Waals surface area contributed by atoms with Gasteiger partial charge in [-0.25, -0.2) is 4.79 Å². The van der Waals surface area contributed by atoms with Crippen molar-refractivity contribution in [2.24, 2.45) is 7.05 Å². The fraction of sp³-hybridized carbons (Fsp3) is 0.280. The van der Waals surface area contributed by atoms with Gasteiger partial charge in [-0.05, 0) is 29.2 Å². The van der Waals surface area contributed by atoms with Crippen LogP contribution in [0, 0.1) is 0 Å². The number of carboxylic acids is 1. The average molecular weight is 463 g/mol. The predicted molar refractivity (Wildman–Crippen MR) is 124 cm³/mol. The summed E-state index contributed by atoms with van der Waals surface area (Å²) in [5.41, 5.74) is 5.28. The smallest absolute Gasteiger partial charge is 0.407 e. The molecule has 3 aromatic rings. The van der Waals surface area contributed by atoms with Crippen LogP contribution in [0.5, 0.6) is 0 Å². The van der Waals surface area contributed by atoms with E-state index in [1.165, 1.54) is 10.9 Å². The summed E-state index contributed by atoms with van der Waals surface area (Å²) in [5, 5.41) is 18.3. The van der Waals surface area contributed by atoms with E-state index in [9.17, 15) is 14.4 Å². The summed E-state index contributed by atoms with van der Waals surface area (Å²) in [7, 11) is 1.66. The number of carbonyl (C=O) groups is 3. The highest BCUT2D eigenvalue weighted by atomic mass is 16.5. The van der Waals surface area contributed by atoms with Gasteiger partial charge in [0.25, 0.3) is 5.91 Å². The SMILES string of the molecule is C[C@@H](CC(=O)O)NC(=O)c1cnn(C)c1CNC(=O)OCC1c2ccccc2-c2ccccc21. The number of carbonyl (C=O) groups excluding carboxylic acids is 2. The lowest BCUT2D eigenvalue weighted by Gasteiger charge is -2.15. The molecule has 1 aromatic heterocycles. The molecular formula is C25H26N4O5. The van der Waals surface area contributed by atoms with E-state index in [1.54, 1.807) is 14.0 Å². The summed E-state index contributed by atoms with van der Waals surface area (Å²) < 4.78 is 7.03. The Morgan fingerprint density at radius 3 is 2.32 bits per heavy atom. The first kappa shape index (κ1) is 23.0. The van der Waals surface area contributed by atoms with Crippen LogP contribution in [0.25, 0.3) is 11.1 Å². The first-order valence-electron chi connectivity index (χ1n) is 11.0. The molecule has 34 heavy (non-hydrogen) atoms. The topological polar surface area (TPSA) is 123 Å². The number of aryl methyl sites for hydroxylation is 1. The van der Waals surface area contributed by atoms with Crippen LogP contribution in [0.1, 0.15) is 46.4 Å². The molecule has 0 fully saturated rings. The second-order valence-electron chi connectivity index (χ2n) is 8.28. The van der Waals surface area contributed by atoms with Crippen LogP contribution in [0.3, 0.4) is 0 Å². The maximum Gasteiger partial charge on any atom is 0.407 e. The average Bonchev–Trinajstić information content (AvgIpc) is 3.33. The molecule has 0 bridgehead atoms. The zero-order valence-electron chi connectivity index (χ0n) is 18.9. The van der Waals surface area contributed by atoms with Crippen LogP contribution >= 0.6 is 0 Å². The molecular weight excluding hydrogens is 436 g/mol. The molecule has 0 aliphatic heterocycles. The van der Waals surface area contributed by atoms with Gasteiger partial charge in [0.2, 0.25) is 0 Å². The molecule has 0 unspecified atom stereocenters. The van der Waals surface area contributed by atoms with Crippen LogP contribution in [-0.2, 0) is 23.1 Å². The zero-order valence-corrected chi connectivity index (χ0v) is 18.9. The number of amides is 2. The Morgan fingerprint density at radius 2 is 1.71 bits per heavy atom. The van der Waals surface area contributed by atoms with Gasteiger partial charge in [-0.2, -0.15) is 5.10 Å². The molecule has 1 atom stereocenters. The Morgan fingerprint density at radius 1 is 1.09 bits per heavy atom. The number of carboxylic acid groups (broad SMARTS) is 1. The number of benzene rings is 2. The van der Waals surface area contributed by atoms with Crippen molar-refractivity contribution >= 4 is 18.0 Å². The van der Waals surface area contributed by atoms with Gasteiger partial charge in [0.05, 0.1) is 30.4 Å². The first-order chi connectivity index (χ1) is 16.3. The minimum atomic E-state index is -1.00. The molecule has 1 heterocycles. The molecule has 2 aromatic carbocycles. The molecule has 1 aliphatic rings. The lowest BCUT2D eigenvalue weighted by Crippen LogP contribution is -2.35. The van der Waals surface area contributed by atoms with Crippen molar-refractivity contribution in [3.05, 3.63) is 77.1 Å². The number of nitrogens with zero attached hydrogens (tertiary/aromatic N) is 2. The fourth-order valence-electron chi connectivity index (χ4n) is 4.28. The van der Waals surface area contributed by atoms with Gasteiger partial charge >= 0.3 is 12.1 Å². The lowest BCUT2D eigenvalue weighted by atomic mass is 9.98. The predicted octanol–water partition coefficient (Wildman–Crippen LogP) is 3.05. The molecule has 3 N–H and O–H groups in total. The Hall–Kier alpha value is -4.14. The number of aromatic nitrogens is 2. The highest BCUT2D eigenvalue weighted by molar-refractivity contribution is 5.95. The normalized spacial score (nSPS) is 13.0. The monoisotopic (exact) mass is 462 g/mol. The number of hydrogen-bond donors (Lipinski definition) is 3. The number of alkyl carbamates (subject to hydrolysis) is 1. The number of aliphatic carboxylic acids is 1. The van der Waals surface area contributed by atoms with E-state index in [0.717, 1.165) is 22.3 Å². The second-order valence-corrected chi connectivity index (χ2v) is 8.28. The fourth-order valence-corrected chi connectivity index (χ4v) is 4.28. The summed E-state index contributed by atoms with van der Waals surface area (Å²) >= 11 is 0. The highest BCUT2D eigenvalue weighted by Gasteiger charge is 2.29. The molecule has 9 heteroatoms. The zero-order chi connectivity index (χ0) is 24.2. The summed E-state index contributed by atoms with van der Waals surface area (Å²) in [6, 6.07) is 15.6. The lowest BCUT2D eigenvalue weighted by molar-refractivity contribution is -0.137. The van der Waals surface area contributed by atoms with Crippen molar-refractivity contribution < 1.29 is 24.2 Å². The molecule has 2 amide bonds. The number of hydrogen-bond acceptors (Lipinski definition) is 5.